The van der Waals surface area contributed by atoms with Crippen LogP contribution >= 0.6 is 11.6 Å². The molecule has 3 aromatic rings. The van der Waals surface area contributed by atoms with Gasteiger partial charge in [0.2, 0.25) is 5.28 Å². The van der Waals surface area contributed by atoms with Crippen LogP contribution < -0.4 is 0 Å². The molecule has 0 aliphatic carbocycles. The zero-order valence-corrected chi connectivity index (χ0v) is 12.6. The number of nitrogens with zero attached hydrogens (tertiary/aromatic N) is 4. The summed E-state index contributed by atoms with van der Waals surface area (Å²) in [6.45, 7) is 0. The molecule has 0 radical (unpaired) electrons. The SMILES string of the molecule is COC(=O)CCc1ccc(-n2cnc3cnc(Cl)nc32)cc1. The third-order valence-corrected chi connectivity index (χ3v) is 3.50. The molecule has 0 atom stereocenters. The second-order valence-corrected chi connectivity index (χ2v) is 5.04. The largest absolute Gasteiger partial charge is 0.469 e. The molecule has 0 amide bonds. The van der Waals surface area contributed by atoms with Gasteiger partial charge in [-0.1, -0.05) is 12.1 Å². The highest BCUT2D eigenvalue weighted by Crippen LogP contribution is 2.18. The molecule has 7 heteroatoms. The lowest BCUT2D eigenvalue weighted by atomic mass is 10.1. The number of imidazole rings is 1. The standard InChI is InChI=1S/C15H13ClN4O2/c1-22-13(21)7-4-10-2-5-11(6-3-10)20-9-18-12-8-17-15(16)19-14(12)20/h2-3,5-6,8-9H,4,7H2,1H3. The number of hydrogen-bond donors (Lipinski definition) is 0. The van der Waals surface area contributed by atoms with Crippen molar-refractivity contribution < 1.29 is 9.53 Å². The molecule has 2 aromatic heterocycles. The van der Waals surface area contributed by atoms with Gasteiger partial charge in [-0.15, -0.1) is 0 Å². The van der Waals surface area contributed by atoms with Crippen LogP contribution in [0.4, 0.5) is 0 Å². The predicted molar refractivity (Wildman–Crippen MR) is 82.0 cm³/mol. The van der Waals surface area contributed by atoms with Crippen LogP contribution in [-0.2, 0) is 16.0 Å². The van der Waals surface area contributed by atoms with Gasteiger partial charge in [-0.3, -0.25) is 9.36 Å². The van der Waals surface area contributed by atoms with Crippen molar-refractivity contribution in [2.24, 2.45) is 0 Å². The zero-order chi connectivity index (χ0) is 15.5. The van der Waals surface area contributed by atoms with E-state index in [1.54, 1.807) is 12.5 Å². The van der Waals surface area contributed by atoms with Gasteiger partial charge >= 0.3 is 5.97 Å². The van der Waals surface area contributed by atoms with Crippen LogP contribution in [0.15, 0.2) is 36.8 Å². The van der Waals surface area contributed by atoms with Crippen LogP contribution in [0.3, 0.4) is 0 Å². The number of aryl methyl sites for hydroxylation is 1. The molecule has 0 N–H and O–H groups in total. The number of fused-ring (bicyclic) bond motifs is 1. The summed E-state index contributed by atoms with van der Waals surface area (Å²) in [6, 6.07) is 7.83. The lowest BCUT2D eigenvalue weighted by molar-refractivity contribution is -0.140. The number of rotatable bonds is 4. The summed E-state index contributed by atoms with van der Waals surface area (Å²) in [5.41, 5.74) is 3.31. The van der Waals surface area contributed by atoms with E-state index in [9.17, 15) is 4.79 Å². The van der Waals surface area contributed by atoms with Crippen molar-refractivity contribution in [3.8, 4) is 5.69 Å². The Balaban J connectivity index is 1.85. The first-order valence-electron chi connectivity index (χ1n) is 6.69. The van der Waals surface area contributed by atoms with E-state index >= 15 is 0 Å². The van der Waals surface area contributed by atoms with E-state index < -0.39 is 0 Å². The van der Waals surface area contributed by atoms with E-state index in [0.29, 0.717) is 24.0 Å². The molecule has 0 spiro atoms. The van der Waals surface area contributed by atoms with E-state index in [0.717, 1.165) is 11.3 Å². The number of esters is 1. The van der Waals surface area contributed by atoms with Gasteiger partial charge in [0.1, 0.15) is 11.8 Å². The number of ether oxygens (including phenoxy) is 1. The molecule has 0 unspecified atom stereocenters. The molecule has 0 aliphatic rings. The van der Waals surface area contributed by atoms with E-state index in [2.05, 4.69) is 19.7 Å². The third-order valence-electron chi connectivity index (χ3n) is 3.32. The Hall–Kier alpha value is -2.47. The fourth-order valence-corrected chi connectivity index (χ4v) is 2.28. The molecular weight excluding hydrogens is 304 g/mol. The first-order valence-corrected chi connectivity index (χ1v) is 7.07. The van der Waals surface area contributed by atoms with Crippen molar-refractivity contribution in [2.75, 3.05) is 7.11 Å². The third kappa shape index (κ3) is 2.92. The minimum absolute atomic E-state index is 0.184. The van der Waals surface area contributed by atoms with Crippen molar-refractivity contribution in [3.63, 3.8) is 0 Å². The Bertz CT molecular complexity index is 814. The normalized spacial score (nSPS) is 10.8. The average Bonchev–Trinajstić information content (AvgIpc) is 2.96. The van der Waals surface area contributed by atoms with Crippen LogP contribution in [0.1, 0.15) is 12.0 Å². The molecule has 22 heavy (non-hydrogen) atoms. The van der Waals surface area contributed by atoms with Crippen molar-refractivity contribution in [1.29, 1.82) is 0 Å². The summed E-state index contributed by atoms with van der Waals surface area (Å²) >= 11 is 5.84. The van der Waals surface area contributed by atoms with Gasteiger partial charge in [0.25, 0.3) is 0 Å². The molecule has 0 aliphatic heterocycles. The number of benzene rings is 1. The highest BCUT2D eigenvalue weighted by atomic mass is 35.5. The summed E-state index contributed by atoms with van der Waals surface area (Å²) in [5.74, 6) is -0.212. The molecule has 6 nitrogen and oxygen atoms in total. The van der Waals surface area contributed by atoms with Crippen LogP contribution in [0, 0.1) is 0 Å². The number of halogens is 1. The van der Waals surface area contributed by atoms with Gasteiger partial charge in [0, 0.05) is 12.1 Å². The Kier molecular flexibility index (Phi) is 4.02. The van der Waals surface area contributed by atoms with Gasteiger partial charge in [0.05, 0.1) is 13.3 Å². The monoisotopic (exact) mass is 316 g/mol. The lowest BCUT2D eigenvalue weighted by Crippen LogP contribution is -2.02. The average molecular weight is 317 g/mol. The second kappa shape index (κ2) is 6.11. The summed E-state index contributed by atoms with van der Waals surface area (Å²) in [7, 11) is 1.39. The van der Waals surface area contributed by atoms with Crippen molar-refractivity contribution in [2.45, 2.75) is 12.8 Å². The summed E-state index contributed by atoms with van der Waals surface area (Å²) < 4.78 is 6.48. The molecular formula is C15H13ClN4O2. The number of carbonyl (C=O) groups is 1. The molecule has 112 valence electrons. The van der Waals surface area contributed by atoms with Gasteiger partial charge in [-0.05, 0) is 35.7 Å². The van der Waals surface area contributed by atoms with E-state index in [1.165, 1.54) is 7.11 Å². The molecule has 0 saturated carbocycles. The van der Waals surface area contributed by atoms with Crippen LogP contribution in [0.5, 0.6) is 0 Å². The maximum absolute atomic E-state index is 11.2. The highest BCUT2D eigenvalue weighted by Gasteiger charge is 2.08. The molecule has 0 bridgehead atoms. The lowest BCUT2D eigenvalue weighted by Gasteiger charge is -2.05. The second-order valence-electron chi connectivity index (χ2n) is 4.71. The van der Waals surface area contributed by atoms with Crippen LogP contribution in [-0.4, -0.2) is 32.6 Å². The van der Waals surface area contributed by atoms with Crippen LogP contribution in [0.2, 0.25) is 5.28 Å². The van der Waals surface area contributed by atoms with Crippen molar-refractivity contribution in [3.05, 3.63) is 47.6 Å². The number of aromatic nitrogens is 4. The fraction of sp³-hybridized carbons (Fsp3) is 0.200. The van der Waals surface area contributed by atoms with E-state index in [4.69, 9.17) is 11.6 Å². The van der Waals surface area contributed by atoms with Gasteiger partial charge < -0.3 is 4.74 Å². The molecule has 3 rings (SSSR count). The predicted octanol–water partition coefficient (Wildman–Crippen LogP) is 2.57. The summed E-state index contributed by atoms with van der Waals surface area (Å²) in [5, 5.41) is 0.184. The molecule has 2 heterocycles. The Labute approximate surface area is 131 Å². The van der Waals surface area contributed by atoms with Gasteiger partial charge in [-0.25, -0.2) is 9.97 Å². The van der Waals surface area contributed by atoms with E-state index in [1.807, 2.05) is 28.8 Å². The highest BCUT2D eigenvalue weighted by molar-refractivity contribution is 6.28. The number of carbonyl (C=O) groups excluding carboxylic acids is 1. The van der Waals surface area contributed by atoms with E-state index in [-0.39, 0.29) is 11.3 Å². The first kappa shape index (κ1) is 14.5. The molecule has 1 aromatic carbocycles. The number of hydrogen-bond acceptors (Lipinski definition) is 5. The minimum Gasteiger partial charge on any atom is -0.469 e. The van der Waals surface area contributed by atoms with Crippen LogP contribution in [0.25, 0.3) is 16.9 Å². The zero-order valence-electron chi connectivity index (χ0n) is 11.9. The maximum atomic E-state index is 11.2. The minimum atomic E-state index is -0.212. The van der Waals surface area contributed by atoms with Crippen molar-refractivity contribution >= 4 is 28.7 Å². The summed E-state index contributed by atoms with van der Waals surface area (Å²) in [4.78, 5) is 23.5. The quantitative estimate of drug-likeness (QED) is 0.546. The summed E-state index contributed by atoms with van der Waals surface area (Å²) in [6.07, 6.45) is 4.28. The Morgan fingerprint density at radius 2 is 2.05 bits per heavy atom. The smallest absolute Gasteiger partial charge is 0.305 e. The van der Waals surface area contributed by atoms with Gasteiger partial charge in [0.15, 0.2) is 5.65 Å². The topological polar surface area (TPSA) is 69.9 Å². The maximum Gasteiger partial charge on any atom is 0.305 e. The molecule has 0 fully saturated rings. The number of methoxy groups -OCH3 is 1. The Morgan fingerprint density at radius 3 is 2.77 bits per heavy atom. The fourth-order valence-electron chi connectivity index (χ4n) is 2.15. The van der Waals surface area contributed by atoms with Gasteiger partial charge in [-0.2, -0.15) is 4.98 Å². The molecule has 0 saturated heterocycles. The Morgan fingerprint density at radius 1 is 1.27 bits per heavy atom. The van der Waals surface area contributed by atoms with Crippen molar-refractivity contribution in [1.82, 2.24) is 19.5 Å². The first-order chi connectivity index (χ1) is 10.7.